The summed E-state index contributed by atoms with van der Waals surface area (Å²) in [5, 5.41) is 3.95. The Kier molecular flexibility index (Phi) is 5.57. The molecule has 8 heteroatoms. The highest BCUT2D eigenvalue weighted by Gasteiger charge is 2.16. The van der Waals surface area contributed by atoms with E-state index in [1.54, 1.807) is 25.3 Å². The van der Waals surface area contributed by atoms with Crippen LogP contribution in [0, 0.1) is 13.8 Å². The predicted octanol–water partition coefficient (Wildman–Crippen LogP) is 2.88. The van der Waals surface area contributed by atoms with Crippen molar-refractivity contribution in [1.29, 1.82) is 0 Å². The van der Waals surface area contributed by atoms with Crippen molar-refractivity contribution in [3.8, 4) is 17.1 Å². The quantitative estimate of drug-likeness (QED) is 0.670. The summed E-state index contributed by atoms with van der Waals surface area (Å²) in [7, 11) is -2.01. The molecule has 1 heterocycles. The summed E-state index contributed by atoms with van der Waals surface area (Å²) in [6.45, 7) is 3.98. The number of methoxy groups -OCH3 is 1. The molecular weight excluding hydrogens is 366 g/mol. The van der Waals surface area contributed by atoms with E-state index >= 15 is 0 Å². The fourth-order valence-corrected chi connectivity index (χ4v) is 3.67. The minimum absolute atomic E-state index is 0.156. The van der Waals surface area contributed by atoms with Crippen LogP contribution in [-0.4, -0.2) is 32.2 Å². The summed E-state index contributed by atoms with van der Waals surface area (Å²) >= 11 is 0. The summed E-state index contributed by atoms with van der Waals surface area (Å²) < 4.78 is 37.9. The van der Waals surface area contributed by atoms with Crippen molar-refractivity contribution in [2.45, 2.75) is 25.2 Å². The zero-order chi connectivity index (χ0) is 19.4. The van der Waals surface area contributed by atoms with Gasteiger partial charge in [-0.3, -0.25) is 0 Å². The summed E-state index contributed by atoms with van der Waals surface area (Å²) in [6.07, 6.45) is 0.284. The lowest BCUT2D eigenvalue weighted by Crippen LogP contribution is -2.26. The highest BCUT2D eigenvalue weighted by molar-refractivity contribution is 7.89. The van der Waals surface area contributed by atoms with Gasteiger partial charge in [-0.2, -0.15) is 4.98 Å². The third-order valence-electron chi connectivity index (χ3n) is 4.24. The van der Waals surface area contributed by atoms with Crippen molar-refractivity contribution >= 4 is 10.0 Å². The Balaban J connectivity index is 1.66. The van der Waals surface area contributed by atoms with E-state index in [4.69, 9.17) is 9.26 Å². The van der Waals surface area contributed by atoms with E-state index in [2.05, 4.69) is 14.9 Å². The normalized spacial score (nSPS) is 11.5. The van der Waals surface area contributed by atoms with Gasteiger partial charge < -0.3 is 9.26 Å². The minimum Gasteiger partial charge on any atom is -0.496 e. The molecule has 0 amide bonds. The summed E-state index contributed by atoms with van der Waals surface area (Å²) in [5.41, 5.74) is 2.69. The number of para-hydroxylation sites is 1. The number of aromatic nitrogens is 2. The van der Waals surface area contributed by atoms with E-state index in [0.29, 0.717) is 23.0 Å². The molecule has 142 valence electrons. The Labute approximate surface area is 158 Å². The lowest BCUT2D eigenvalue weighted by Gasteiger charge is -2.07. The van der Waals surface area contributed by atoms with Crippen LogP contribution in [0.2, 0.25) is 0 Å². The van der Waals surface area contributed by atoms with E-state index in [1.807, 2.05) is 38.1 Å². The highest BCUT2D eigenvalue weighted by atomic mass is 32.2. The predicted molar refractivity (Wildman–Crippen MR) is 101 cm³/mol. The van der Waals surface area contributed by atoms with E-state index < -0.39 is 10.0 Å². The minimum atomic E-state index is -3.59. The Bertz CT molecular complexity index is 1040. The Morgan fingerprint density at radius 2 is 1.89 bits per heavy atom. The molecule has 0 atom stereocenters. The summed E-state index contributed by atoms with van der Waals surface area (Å²) in [6, 6.07) is 12.4. The van der Waals surface area contributed by atoms with Gasteiger partial charge in [0.15, 0.2) is 0 Å². The van der Waals surface area contributed by atoms with Crippen LogP contribution in [-0.2, 0) is 16.4 Å². The number of ether oxygens (including phenoxy) is 1. The molecule has 0 unspecified atom stereocenters. The maximum atomic E-state index is 12.4. The van der Waals surface area contributed by atoms with E-state index in [1.165, 1.54) is 0 Å². The van der Waals surface area contributed by atoms with Crippen molar-refractivity contribution in [2.75, 3.05) is 13.7 Å². The second-order valence-corrected chi connectivity index (χ2v) is 7.87. The van der Waals surface area contributed by atoms with Crippen LogP contribution in [0.4, 0.5) is 0 Å². The van der Waals surface area contributed by atoms with E-state index in [0.717, 1.165) is 11.1 Å². The molecule has 3 aromatic rings. The second-order valence-electron chi connectivity index (χ2n) is 6.11. The molecule has 27 heavy (non-hydrogen) atoms. The molecule has 0 saturated carbocycles. The number of nitrogens with zero attached hydrogens (tertiary/aromatic N) is 2. The standard InChI is InChI=1S/C19H21N3O4S/c1-13-8-9-15(12-14(13)2)27(23,24)20-11-10-18-21-19(22-26-18)16-6-4-5-7-17(16)25-3/h4-9,12,20H,10-11H2,1-3H3. The average molecular weight is 387 g/mol. The molecule has 2 aromatic carbocycles. The molecule has 0 fully saturated rings. The first-order chi connectivity index (χ1) is 12.9. The van der Waals surface area contributed by atoms with Crippen LogP contribution < -0.4 is 9.46 Å². The lowest BCUT2D eigenvalue weighted by atomic mass is 10.1. The maximum Gasteiger partial charge on any atom is 0.240 e. The molecule has 0 bridgehead atoms. The highest BCUT2D eigenvalue weighted by Crippen LogP contribution is 2.27. The molecule has 0 spiro atoms. The van der Waals surface area contributed by atoms with Gasteiger partial charge in [-0.25, -0.2) is 13.1 Å². The largest absolute Gasteiger partial charge is 0.496 e. The van der Waals surface area contributed by atoms with Gasteiger partial charge in [-0.1, -0.05) is 23.4 Å². The smallest absolute Gasteiger partial charge is 0.240 e. The van der Waals surface area contributed by atoms with Crippen LogP contribution in [0.1, 0.15) is 17.0 Å². The molecule has 0 radical (unpaired) electrons. The third-order valence-corrected chi connectivity index (χ3v) is 5.69. The number of hydrogen-bond acceptors (Lipinski definition) is 6. The fourth-order valence-electron chi connectivity index (χ4n) is 2.55. The molecule has 1 aromatic heterocycles. The van der Waals surface area contributed by atoms with E-state index in [-0.39, 0.29) is 17.9 Å². The van der Waals surface area contributed by atoms with Crippen LogP contribution in [0.3, 0.4) is 0 Å². The number of rotatable bonds is 7. The molecule has 3 rings (SSSR count). The van der Waals surface area contributed by atoms with Crippen LogP contribution >= 0.6 is 0 Å². The monoisotopic (exact) mass is 387 g/mol. The van der Waals surface area contributed by atoms with Crippen LogP contribution in [0.5, 0.6) is 5.75 Å². The topological polar surface area (TPSA) is 94.3 Å². The Morgan fingerprint density at radius 3 is 2.63 bits per heavy atom. The summed E-state index contributed by atoms with van der Waals surface area (Å²) in [5.74, 6) is 1.39. The number of hydrogen-bond donors (Lipinski definition) is 1. The van der Waals surface area contributed by atoms with E-state index in [9.17, 15) is 8.42 Å². The number of aryl methyl sites for hydroxylation is 2. The second kappa shape index (κ2) is 7.89. The van der Waals surface area contributed by atoms with Crippen molar-refractivity contribution in [3.05, 3.63) is 59.5 Å². The van der Waals surface area contributed by atoms with Crippen molar-refractivity contribution in [1.82, 2.24) is 14.9 Å². The third kappa shape index (κ3) is 4.35. The van der Waals surface area contributed by atoms with Gasteiger partial charge in [0.25, 0.3) is 0 Å². The molecule has 0 aliphatic rings. The average Bonchev–Trinajstić information content (AvgIpc) is 3.12. The van der Waals surface area contributed by atoms with Gasteiger partial charge in [-0.15, -0.1) is 0 Å². The molecular formula is C19H21N3O4S. The lowest BCUT2D eigenvalue weighted by molar-refractivity contribution is 0.378. The van der Waals surface area contributed by atoms with Gasteiger partial charge in [0.1, 0.15) is 5.75 Å². The van der Waals surface area contributed by atoms with Crippen molar-refractivity contribution < 1.29 is 17.7 Å². The number of sulfonamides is 1. The van der Waals surface area contributed by atoms with Gasteiger partial charge >= 0.3 is 0 Å². The maximum absolute atomic E-state index is 12.4. The van der Waals surface area contributed by atoms with Crippen LogP contribution in [0.15, 0.2) is 51.9 Å². The van der Waals surface area contributed by atoms with Crippen molar-refractivity contribution in [2.24, 2.45) is 0 Å². The first-order valence-corrected chi connectivity index (χ1v) is 9.92. The molecule has 7 nitrogen and oxygen atoms in total. The Hall–Kier alpha value is -2.71. The molecule has 1 N–H and O–H groups in total. The van der Waals surface area contributed by atoms with Crippen LogP contribution in [0.25, 0.3) is 11.4 Å². The zero-order valence-electron chi connectivity index (χ0n) is 15.4. The van der Waals surface area contributed by atoms with Gasteiger partial charge in [0.2, 0.25) is 21.7 Å². The van der Waals surface area contributed by atoms with Gasteiger partial charge in [-0.05, 0) is 49.2 Å². The number of benzene rings is 2. The molecule has 0 aliphatic heterocycles. The molecule has 0 aliphatic carbocycles. The van der Waals surface area contributed by atoms with Gasteiger partial charge in [0, 0.05) is 13.0 Å². The first-order valence-electron chi connectivity index (χ1n) is 8.43. The van der Waals surface area contributed by atoms with Crippen molar-refractivity contribution in [3.63, 3.8) is 0 Å². The number of nitrogens with one attached hydrogen (secondary N) is 1. The summed E-state index contributed by atoms with van der Waals surface area (Å²) in [4.78, 5) is 4.56. The first kappa shape index (κ1) is 19.1. The van der Waals surface area contributed by atoms with Gasteiger partial charge in [0.05, 0.1) is 17.6 Å². The fraction of sp³-hybridized carbons (Fsp3) is 0.263. The Morgan fingerprint density at radius 1 is 1.11 bits per heavy atom. The zero-order valence-corrected chi connectivity index (χ0v) is 16.2. The SMILES string of the molecule is COc1ccccc1-c1noc(CCNS(=O)(=O)c2ccc(C)c(C)c2)n1. The molecule has 0 saturated heterocycles.